The van der Waals surface area contributed by atoms with Crippen LogP contribution < -0.4 is 10.2 Å². The first-order valence-corrected chi connectivity index (χ1v) is 7.26. The van der Waals surface area contributed by atoms with Gasteiger partial charge in [0.15, 0.2) is 0 Å². The lowest BCUT2D eigenvalue weighted by Crippen LogP contribution is -2.21. The summed E-state index contributed by atoms with van der Waals surface area (Å²) >= 11 is 0. The molecule has 0 aliphatic rings. The summed E-state index contributed by atoms with van der Waals surface area (Å²) in [6.45, 7) is 0.725. The number of carbonyl (C=O) groups excluding carboxylic acids is 1. The molecule has 0 aliphatic heterocycles. The van der Waals surface area contributed by atoms with Crippen LogP contribution in [0.3, 0.4) is 0 Å². The van der Waals surface area contributed by atoms with Gasteiger partial charge in [-0.05, 0) is 41.3 Å². The molecule has 1 N–H and O–H groups in total. The van der Waals surface area contributed by atoms with Crippen LogP contribution in [0.25, 0.3) is 10.9 Å². The summed E-state index contributed by atoms with van der Waals surface area (Å²) < 4.78 is 7.29. The van der Waals surface area contributed by atoms with Crippen molar-refractivity contribution in [3.8, 4) is 5.75 Å². The van der Waals surface area contributed by atoms with E-state index < -0.39 is 0 Å². The van der Waals surface area contributed by atoms with E-state index in [1.54, 1.807) is 13.2 Å². The van der Waals surface area contributed by atoms with Crippen molar-refractivity contribution in [2.45, 2.75) is 6.54 Å². The number of amides is 1. The predicted molar refractivity (Wildman–Crippen MR) is 88.5 cm³/mol. The molecule has 0 saturated heterocycles. The van der Waals surface area contributed by atoms with Crippen LogP contribution in [0, 0.1) is 0 Å². The minimum absolute atomic E-state index is 0.258. The maximum Gasteiger partial charge on any atom is 0.274 e. The normalized spacial score (nSPS) is 10.7. The average Bonchev–Trinajstić information content (AvgIpc) is 2.98. The lowest BCUT2D eigenvalue weighted by Gasteiger charge is -2.08. The van der Waals surface area contributed by atoms with E-state index in [-0.39, 0.29) is 5.91 Å². The zero-order chi connectivity index (χ0) is 16.2. The van der Waals surface area contributed by atoms with Crippen molar-refractivity contribution < 1.29 is 14.4 Å². The second-order valence-electron chi connectivity index (χ2n) is 5.20. The molecular formula is C18H18N2O3. The number of carbonyl (C=O) groups is 1. The summed E-state index contributed by atoms with van der Waals surface area (Å²) in [7, 11) is 3.07. The Morgan fingerprint density at radius 2 is 1.87 bits per heavy atom. The SMILES string of the molecule is CONC(=O)c1ccc2ccn(Cc3ccc(OC)cc3)c2c1. The van der Waals surface area contributed by atoms with Crippen molar-refractivity contribution in [1.82, 2.24) is 10.0 Å². The molecule has 0 aliphatic carbocycles. The summed E-state index contributed by atoms with van der Waals surface area (Å²) in [5.74, 6) is 0.580. The molecule has 5 nitrogen and oxygen atoms in total. The van der Waals surface area contributed by atoms with Gasteiger partial charge in [0.2, 0.25) is 0 Å². The monoisotopic (exact) mass is 310 g/mol. The van der Waals surface area contributed by atoms with Crippen molar-refractivity contribution in [3.63, 3.8) is 0 Å². The quantitative estimate of drug-likeness (QED) is 0.737. The van der Waals surface area contributed by atoms with Crippen LogP contribution in [0.2, 0.25) is 0 Å². The van der Waals surface area contributed by atoms with E-state index in [1.165, 1.54) is 7.11 Å². The van der Waals surface area contributed by atoms with Crippen LogP contribution in [-0.4, -0.2) is 24.7 Å². The Morgan fingerprint density at radius 3 is 2.57 bits per heavy atom. The Bertz CT molecular complexity index is 822. The molecule has 5 heteroatoms. The summed E-state index contributed by atoms with van der Waals surface area (Å²) in [6, 6.07) is 15.6. The molecule has 3 rings (SSSR count). The molecule has 0 atom stereocenters. The van der Waals surface area contributed by atoms with Crippen molar-refractivity contribution in [2.24, 2.45) is 0 Å². The lowest BCUT2D eigenvalue weighted by molar-refractivity contribution is 0.0538. The van der Waals surface area contributed by atoms with E-state index in [0.29, 0.717) is 5.56 Å². The zero-order valence-electron chi connectivity index (χ0n) is 13.1. The first-order chi connectivity index (χ1) is 11.2. The van der Waals surface area contributed by atoms with E-state index in [0.717, 1.165) is 28.8 Å². The molecule has 0 spiro atoms. The number of hydrogen-bond acceptors (Lipinski definition) is 3. The number of fused-ring (bicyclic) bond motifs is 1. The molecule has 3 aromatic rings. The fourth-order valence-corrected chi connectivity index (χ4v) is 2.54. The van der Waals surface area contributed by atoms with Crippen LogP contribution >= 0.6 is 0 Å². The van der Waals surface area contributed by atoms with Crippen molar-refractivity contribution in [1.29, 1.82) is 0 Å². The Hall–Kier alpha value is -2.79. The predicted octanol–water partition coefficient (Wildman–Crippen LogP) is 2.99. The van der Waals surface area contributed by atoms with E-state index >= 15 is 0 Å². The number of ether oxygens (including phenoxy) is 1. The molecular weight excluding hydrogens is 292 g/mol. The molecule has 118 valence electrons. The van der Waals surface area contributed by atoms with Crippen LogP contribution in [0.5, 0.6) is 5.75 Å². The Balaban J connectivity index is 1.90. The smallest absolute Gasteiger partial charge is 0.274 e. The van der Waals surface area contributed by atoms with Crippen molar-refractivity contribution in [2.75, 3.05) is 14.2 Å². The number of rotatable bonds is 5. The maximum absolute atomic E-state index is 11.9. The Morgan fingerprint density at radius 1 is 1.09 bits per heavy atom. The molecule has 0 unspecified atom stereocenters. The Labute approximate surface area is 134 Å². The molecule has 1 aromatic heterocycles. The molecule has 0 bridgehead atoms. The van der Waals surface area contributed by atoms with Gasteiger partial charge in [-0.25, -0.2) is 5.48 Å². The van der Waals surface area contributed by atoms with Gasteiger partial charge in [0, 0.05) is 23.8 Å². The molecule has 0 radical (unpaired) electrons. The molecule has 23 heavy (non-hydrogen) atoms. The number of hydroxylamine groups is 1. The summed E-state index contributed by atoms with van der Waals surface area (Å²) in [5.41, 5.74) is 5.07. The molecule has 0 saturated carbocycles. The minimum Gasteiger partial charge on any atom is -0.497 e. The third-order valence-corrected chi connectivity index (χ3v) is 3.74. The second-order valence-corrected chi connectivity index (χ2v) is 5.20. The number of aromatic nitrogens is 1. The number of hydrogen-bond donors (Lipinski definition) is 1. The second kappa shape index (κ2) is 6.54. The average molecular weight is 310 g/mol. The summed E-state index contributed by atoms with van der Waals surface area (Å²) in [5, 5.41) is 1.09. The van der Waals surface area contributed by atoms with Crippen LogP contribution in [-0.2, 0) is 11.4 Å². The lowest BCUT2D eigenvalue weighted by atomic mass is 10.1. The van der Waals surface area contributed by atoms with E-state index in [1.807, 2.05) is 48.7 Å². The third kappa shape index (κ3) is 3.19. The van der Waals surface area contributed by atoms with Crippen LogP contribution in [0.4, 0.5) is 0 Å². The highest BCUT2D eigenvalue weighted by molar-refractivity contribution is 5.97. The first kappa shape index (κ1) is 15.1. The molecule has 0 fully saturated rings. The largest absolute Gasteiger partial charge is 0.497 e. The highest BCUT2D eigenvalue weighted by atomic mass is 16.6. The zero-order valence-corrected chi connectivity index (χ0v) is 13.1. The highest BCUT2D eigenvalue weighted by Crippen LogP contribution is 2.20. The molecule has 2 aromatic carbocycles. The number of nitrogens with one attached hydrogen (secondary N) is 1. The number of benzene rings is 2. The van der Waals surface area contributed by atoms with Gasteiger partial charge in [0.25, 0.3) is 5.91 Å². The van der Waals surface area contributed by atoms with Gasteiger partial charge in [-0.2, -0.15) is 0 Å². The standard InChI is InChI=1S/C18H18N2O3/c1-22-16-7-3-13(4-8-16)12-20-10-9-14-5-6-15(11-17(14)20)18(21)19-23-2/h3-11H,12H2,1-2H3,(H,19,21). The van der Waals surface area contributed by atoms with E-state index in [4.69, 9.17) is 4.74 Å². The van der Waals surface area contributed by atoms with Gasteiger partial charge in [-0.3, -0.25) is 9.63 Å². The molecule has 1 heterocycles. The first-order valence-electron chi connectivity index (χ1n) is 7.26. The van der Waals surface area contributed by atoms with Gasteiger partial charge in [0.05, 0.1) is 14.2 Å². The highest BCUT2D eigenvalue weighted by Gasteiger charge is 2.08. The van der Waals surface area contributed by atoms with Gasteiger partial charge >= 0.3 is 0 Å². The molecule has 1 amide bonds. The van der Waals surface area contributed by atoms with Gasteiger partial charge in [-0.15, -0.1) is 0 Å². The number of nitrogens with zero attached hydrogens (tertiary/aromatic N) is 1. The fraction of sp³-hybridized carbons (Fsp3) is 0.167. The third-order valence-electron chi connectivity index (χ3n) is 3.74. The maximum atomic E-state index is 11.9. The fourth-order valence-electron chi connectivity index (χ4n) is 2.54. The van der Waals surface area contributed by atoms with E-state index in [2.05, 4.69) is 14.9 Å². The topological polar surface area (TPSA) is 52.5 Å². The van der Waals surface area contributed by atoms with E-state index in [9.17, 15) is 4.79 Å². The minimum atomic E-state index is -0.258. The number of methoxy groups -OCH3 is 1. The van der Waals surface area contributed by atoms with Gasteiger partial charge in [-0.1, -0.05) is 18.2 Å². The Kier molecular flexibility index (Phi) is 4.30. The van der Waals surface area contributed by atoms with Gasteiger partial charge < -0.3 is 9.30 Å². The summed E-state index contributed by atoms with van der Waals surface area (Å²) in [6.07, 6.45) is 2.02. The summed E-state index contributed by atoms with van der Waals surface area (Å²) in [4.78, 5) is 16.6. The van der Waals surface area contributed by atoms with Crippen LogP contribution in [0.1, 0.15) is 15.9 Å². The van der Waals surface area contributed by atoms with Crippen molar-refractivity contribution >= 4 is 16.8 Å². The van der Waals surface area contributed by atoms with Crippen molar-refractivity contribution in [3.05, 3.63) is 65.9 Å². The van der Waals surface area contributed by atoms with Crippen LogP contribution in [0.15, 0.2) is 54.7 Å². The van der Waals surface area contributed by atoms with Gasteiger partial charge in [0.1, 0.15) is 5.75 Å².